The van der Waals surface area contributed by atoms with Crippen LogP contribution in [0.2, 0.25) is 0 Å². The summed E-state index contributed by atoms with van der Waals surface area (Å²) in [4.78, 5) is 34.8. The maximum absolute atomic E-state index is 12.5. The second-order valence-electron chi connectivity index (χ2n) is 5.19. The smallest absolute Gasteiger partial charge is 0.345 e. The molecule has 1 amide bonds. The van der Waals surface area contributed by atoms with Crippen LogP contribution in [-0.2, 0) is 12.7 Å². The standard InChI is InChI=1S/C15H11F3N4O2S/c1-7-2-3-8-12(23)9(4-19-13(8)21-7)14(24)20-5-11-22-10(6-25-11)15(16,17)18/h2-4,6H,5H2,1H3,(H,20,24)(H,19,21,23). The first-order valence-electron chi connectivity index (χ1n) is 7.04. The lowest BCUT2D eigenvalue weighted by Gasteiger charge is -2.05. The number of thiazole rings is 1. The van der Waals surface area contributed by atoms with Crippen LogP contribution in [0, 0.1) is 6.92 Å². The number of amides is 1. The van der Waals surface area contributed by atoms with Gasteiger partial charge in [0.25, 0.3) is 5.91 Å². The molecular formula is C15H11F3N4O2S. The fourth-order valence-corrected chi connectivity index (χ4v) is 2.88. The third-order valence-corrected chi connectivity index (χ3v) is 4.21. The molecule has 0 bridgehead atoms. The highest BCUT2D eigenvalue weighted by Gasteiger charge is 2.33. The van der Waals surface area contributed by atoms with Gasteiger partial charge in [0.2, 0.25) is 5.43 Å². The molecule has 0 saturated heterocycles. The van der Waals surface area contributed by atoms with Crippen LogP contribution in [0.15, 0.2) is 28.5 Å². The zero-order valence-corrected chi connectivity index (χ0v) is 13.6. The van der Waals surface area contributed by atoms with E-state index in [4.69, 9.17) is 0 Å². The number of carbonyl (C=O) groups excluding carboxylic acids is 1. The Morgan fingerprint density at radius 3 is 2.76 bits per heavy atom. The van der Waals surface area contributed by atoms with Gasteiger partial charge in [-0.1, -0.05) is 0 Å². The molecule has 0 fully saturated rings. The molecule has 10 heteroatoms. The first-order chi connectivity index (χ1) is 11.8. The largest absolute Gasteiger partial charge is 0.434 e. The predicted molar refractivity (Wildman–Crippen MR) is 85.4 cm³/mol. The van der Waals surface area contributed by atoms with Gasteiger partial charge in [0, 0.05) is 17.3 Å². The minimum atomic E-state index is -4.53. The highest BCUT2D eigenvalue weighted by Crippen LogP contribution is 2.29. The van der Waals surface area contributed by atoms with Gasteiger partial charge in [0.1, 0.15) is 16.2 Å². The summed E-state index contributed by atoms with van der Waals surface area (Å²) in [6, 6.07) is 3.21. The molecule has 0 radical (unpaired) electrons. The van der Waals surface area contributed by atoms with Crippen LogP contribution in [0.3, 0.4) is 0 Å². The lowest BCUT2D eigenvalue weighted by Crippen LogP contribution is -2.28. The van der Waals surface area contributed by atoms with E-state index in [1.165, 1.54) is 6.20 Å². The summed E-state index contributed by atoms with van der Waals surface area (Å²) in [6.45, 7) is 1.56. The van der Waals surface area contributed by atoms with E-state index in [0.717, 1.165) is 16.7 Å². The molecule has 130 valence electrons. The molecule has 3 heterocycles. The number of rotatable bonds is 3. The normalized spacial score (nSPS) is 11.7. The Labute approximate surface area is 142 Å². The van der Waals surface area contributed by atoms with Crippen molar-refractivity contribution in [2.24, 2.45) is 0 Å². The number of hydrogen-bond donors (Lipinski definition) is 2. The van der Waals surface area contributed by atoms with E-state index in [9.17, 15) is 22.8 Å². The number of pyridine rings is 2. The third-order valence-electron chi connectivity index (χ3n) is 3.36. The SMILES string of the molecule is Cc1ccc2c(=O)c(C(=O)NCc3nc(C(F)(F)F)cs3)c[nH]c2n1. The number of halogens is 3. The number of H-pyrrole nitrogens is 1. The minimum Gasteiger partial charge on any atom is -0.345 e. The summed E-state index contributed by atoms with van der Waals surface area (Å²) in [5.74, 6) is -0.701. The molecular weight excluding hydrogens is 357 g/mol. The van der Waals surface area contributed by atoms with Crippen molar-refractivity contribution in [2.75, 3.05) is 0 Å². The van der Waals surface area contributed by atoms with Crippen LogP contribution in [0.5, 0.6) is 0 Å². The van der Waals surface area contributed by atoms with Gasteiger partial charge in [-0.25, -0.2) is 9.97 Å². The molecule has 3 aromatic heterocycles. The maximum Gasteiger partial charge on any atom is 0.434 e. The van der Waals surface area contributed by atoms with Gasteiger partial charge >= 0.3 is 6.18 Å². The summed E-state index contributed by atoms with van der Waals surface area (Å²) in [7, 11) is 0. The van der Waals surface area contributed by atoms with Crippen molar-refractivity contribution < 1.29 is 18.0 Å². The Morgan fingerprint density at radius 2 is 2.08 bits per heavy atom. The molecule has 0 aliphatic heterocycles. The molecule has 0 saturated carbocycles. The molecule has 0 atom stereocenters. The number of fused-ring (bicyclic) bond motifs is 1. The Hall–Kier alpha value is -2.75. The van der Waals surface area contributed by atoms with Crippen molar-refractivity contribution in [1.29, 1.82) is 0 Å². The number of aromatic amines is 1. The Bertz CT molecular complexity index is 1010. The second kappa shape index (κ2) is 6.28. The van der Waals surface area contributed by atoms with Gasteiger partial charge in [-0.15, -0.1) is 11.3 Å². The number of hydrogen-bond acceptors (Lipinski definition) is 5. The maximum atomic E-state index is 12.5. The minimum absolute atomic E-state index is 0.0928. The van der Waals surface area contributed by atoms with E-state index in [1.807, 2.05) is 0 Å². The molecule has 0 aromatic carbocycles. The molecule has 0 aliphatic carbocycles. The highest BCUT2D eigenvalue weighted by molar-refractivity contribution is 7.09. The summed E-state index contributed by atoms with van der Waals surface area (Å²) >= 11 is 0.780. The summed E-state index contributed by atoms with van der Waals surface area (Å²) < 4.78 is 37.5. The van der Waals surface area contributed by atoms with Gasteiger partial charge in [0.15, 0.2) is 5.69 Å². The Kier molecular flexibility index (Phi) is 4.29. The average molecular weight is 368 g/mol. The number of nitrogens with one attached hydrogen (secondary N) is 2. The number of alkyl halides is 3. The molecule has 0 spiro atoms. The van der Waals surface area contributed by atoms with Crippen LogP contribution < -0.4 is 10.7 Å². The molecule has 2 N–H and O–H groups in total. The van der Waals surface area contributed by atoms with Crippen molar-refractivity contribution >= 4 is 28.3 Å². The monoisotopic (exact) mass is 368 g/mol. The first kappa shape index (κ1) is 17.1. The third kappa shape index (κ3) is 3.53. The molecule has 3 rings (SSSR count). The van der Waals surface area contributed by atoms with Crippen LogP contribution in [-0.4, -0.2) is 20.9 Å². The van der Waals surface area contributed by atoms with Gasteiger partial charge in [-0.05, 0) is 19.1 Å². The van der Waals surface area contributed by atoms with E-state index >= 15 is 0 Å². The zero-order valence-electron chi connectivity index (χ0n) is 12.8. The van der Waals surface area contributed by atoms with E-state index in [-0.39, 0.29) is 22.5 Å². The summed E-state index contributed by atoms with van der Waals surface area (Å²) in [5, 5.41) is 3.62. The van der Waals surface area contributed by atoms with Crippen molar-refractivity contribution in [3.8, 4) is 0 Å². The van der Waals surface area contributed by atoms with Crippen LogP contribution in [0.25, 0.3) is 11.0 Å². The lowest BCUT2D eigenvalue weighted by molar-refractivity contribution is -0.140. The van der Waals surface area contributed by atoms with E-state index < -0.39 is 23.2 Å². The summed E-state index contributed by atoms with van der Waals surface area (Å²) in [5.41, 5.74) is -0.591. The number of carbonyl (C=O) groups is 1. The van der Waals surface area contributed by atoms with Gasteiger partial charge in [-0.3, -0.25) is 9.59 Å². The van der Waals surface area contributed by atoms with E-state index in [1.54, 1.807) is 19.1 Å². The lowest BCUT2D eigenvalue weighted by atomic mass is 10.2. The average Bonchev–Trinajstić information content (AvgIpc) is 3.02. The topological polar surface area (TPSA) is 87.7 Å². The molecule has 0 unspecified atom stereocenters. The molecule has 6 nitrogen and oxygen atoms in total. The second-order valence-corrected chi connectivity index (χ2v) is 6.13. The van der Waals surface area contributed by atoms with E-state index in [2.05, 4.69) is 20.3 Å². The number of aryl methyl sites for hydroxylation is 1. The predicted octanol–water partition coefficient (Wildman–Crippen LogP) is 2.64. The quantitative estimate of drug-likeness (QED) is 0.744. The highest BCUT2D eigenvalue weighted by atomic mass is 32.1. The Balaban J connectivity index is 1.79. The fraction of sp³-hybridized carbons (Fsp3) is 0.200. The van der Waals surface area contributed by atoms with Crippen molar-refractivity contribution in [3.63, 3.8) is 0 Å². The van der Waals surface area contributed by atoms with Crippen LogP contribution in [0.1, 0.15) is 26.8 Å². The van der Waals surface area contributed by atoms with Crippen molar-refractivity contribution in [1.82, 2.24) is 20.3 Å². The van der Waals surface area contributed by atoms with Crippen LogP contribution >= 0.6 is 11.3 Å². The molecule has 0 aliphatic rings. The van der Waals surface area contributed by atoms with Gasteiger partial charge in [-0.2, -0.15) is 13.2 Å². The molecule has 25 heavy (non-hydrogen) atoms. The van der Waals surface area contributed by atoms with Crippen LogP contribution in [0.4, 0.5) is 13.2 Å². The number of nitrogens with zero attached hydrogens (tertiary/aromatic N) is 2. The van der Waals surface area contributed by atoms with Crippen molar-refractivity contribution in [3.05, 3.63) is 55.9 Å². The van der Waals surface area contributed by atoms with Gasteiger partial charge in [0.05, 0.1) is 11.9 Å². The first-order valence-corrected chi connectivity index (χ1v) is 7.92. The van der Waals surface area contributed by atoms with Gasteiger partial charge < -0.3 is 10.3 Å². The molecule has 3 aromatic rings. The van der Waals surface area contributed by atoms with Crippen molar-refractivity contribution in [2.45, 2.75) is 19.6 Å². The number of aromatic nitrogens is 3. The Morgan fingerprint density at radius 1 is 1.32 bits per heavy atom. The fourth-order valence-electron chi connectivity index (χ4n) is 2.14. The van der Waals surface area contributed by atoms with E-state index in [0.29, 0.717) is 11.3 Å². The zero-order chi connectivity index (χ0) is 18.2. The summed E-state index contributed by atoms with van der Waals surface area (Å²) in [6.07, 6.45) is -3.30.